The van der Waals surface area contributed by atoms with Gasteiger partial charge in [-0.25, -0.2) is 4.39 Å². The molecule has 180 valence electrons. The van der Waals surface area contributed by atoms with Gasteiger partial charge in [-0.3, -0.25) is 14.5 Å². The van der Waals surface area contributed by atoms with E-state index in [4.69, 9.17) is 9.47 Å². The maximum Gasteiger partial charge on any atom is 0.300 e. The summed E-state index contributed by atoms with van der Waals surface area (Å²) in [5.41, 5.74) is 1.54. The van der Waals surface area contributed by atoms with E-state index in [9.17, 15) is 19.1 Å². The molecule has 1 aliphatic heterocycles. The highest BCUT2D eigenvalue weighted by molar-refractivity contribution is 6.51. The molecule has 0 radical (unpaired) electrons. The lowest BCUT2D eigenvalue weighted by molar-refractivity contribution is -0.132. The standard InChI is InChI=1S/C28H26FNO5/c1-4-14-35-22-7-5-6-18(16-22)25-24(26(31)19-8-13-23(29)17(2)15-19)27(32)28(33)30(25)20-9-11-21(34-3)12-10-20/h5-13,15-16,25,31H,4,14H2,1-3H3/b26-24-. The third-order valence-electron chi connectivity index (χ3n) is 5.87. The fraction of sp³-hybridized carbons (Fsp3) is 0.214. The quantitative estimate of drug-likeness (QED) is 0.275. The first-order chi connectivity index (χ1) is 16.8. The SMILES string of the molecule is CCCOc1cccc(C2/C(=C(/O)c3ccc(F)c(C)c3)C(=O)C(=O)N2c2ccc(OC)cc2)c1. The van der Waals surface area contributed by atoms with Crippen molar-refractivity contribution in [2.75, 3.05) is 18.6 Å². The zero-order chi connectivity index (χ0) is 25.1. The molecule has 0 aliphatic carbocycles. The summed E-state index contributed by atoms with van der Waals surface area (Å²) >= 11 is 0. The van der Waals surface area contributed by atoms with Crippen LogP contribution < -0.4 is 14.4 Å². The van der Waals surface area contributed by atoms with Crippen molar-refractivity contribution in [1.82, 2.24) is 0 Å². The van der Waals surface area contributed by atoms with Gasteiger partial charge >= 0.3 is 0 Å². The second kappa shape index (κ2) is 10.0. The highest BCUT2D eigenvalue weighted by atomic mass is 19.1. The maximum absolute atomic E-state index is 13.9. The van der Waals surface area contributed by atoms with Crippen molar-refractivity contribution in [2.24, 2.45) is 0 Å². The number of ketones is 1. The minimum Gasteiger partial charge on any atom is -0.507 e. The van der Waals surface area contributed by atoms with Gasteiger partial charge < -0.3 is 14.6 Å². The van der Waals surface area contributed by atoms with E-state index < -0.39 is 23.5 Å². The van der Waals surface area contributed by atoms with Gasteiger partial charge in [0.15, 0.2) is 0 Å². The van der Waals surface area contributed by atoms with Gasteiger partial charge in [-0.05, 0) is 79.1 Å². The van der Waals surface area contributed by atoms with Crippen LogP contribution in [-0.2, 0) is 9.59 Å². The van der Waals surface area contributed by atoms with Crippen molar-refractivity contribution in [3.63, 3.8) is 0 Å². The number of amides is 1. The van der Waals surface area contributed by atoms with Crippen molar-refractivity contribution >= 4 is 23.1 Å². The largest absolute Gasteiger partial charge is 0.507 e. The molecule has 35 heavy (non-hydrogen) atoms. The first-order valence-electron chi connectivity index (χ1n) is 11.3. The number of aliphatic hydroxyl groups is 1. The topological polar surface area (TPSA) is 76.1 Å². The van der Waals surface area contributed by atoms with Crippen molar-refractivity contribution in [3.8, 4) is 11.5 Å². The predicted octanol–water partition coefficient (Wildman–Crippen LogP) is 5.56. The molecule has 1 unspecified atom stereocenters. The number of aliphatic hydroxyl groups excluding tert-OH is 1. The van der Waals surface area contributed by atoms with E-state index in [-0.39, 0.29) is 16.9 Å². The Balaban J connectivity index is 1.91. The molecule has 0 spiro atoms. The van der Waals surface area contributed by atoms with Gasteiger partial charge in [0.05, 0.1) is 25.3 Å². The molecule has 1 aliphatic rings. The number of methoxy groups -OCH3 is 1. The van der Waals surface area contributed by atoms with Gasteiger partial charge in [0.25, 0.3) is 11.7 Å². The molecular formula is C28H26FNO5. The van der Waals surface area contributed by atoms with Crippen LogP contribution in [0, 0.1) is 12.7 Å². The average molecular weight is 476 g/mol. The summed E-state index contributed by atoms with van der Waals surface area (Å²) in [6, 6.07) is 17.0. The second-order valence-corrected chi connectivity index (χ2v) is 8.25. The van der Waals surface area contributed by atoms with Gasteiger partial charge in [0, 0.05) is 11.3 Å². The zero-order valence-electron chi connectivity index (χ0n) is 19.7. The second-order valence-electron chi connectivity index (χ2n) is 8.25. The number of nitrogens with zero attached hydrogens (tertiary/aromatic N) is 1. The number of hydrogen-bond donors (Lipinski definition) is 1. The van der Waals surface area contributed by atoms with Crippen molar-refractivity contribution in [3.05, 3.63) is 94.8 Å². The highest BCUT2D eigenvalue weighted by Gasteiger charge is 2.47. The Morgan fingerprint density at radius 2 is 1.77 bits per heavy atom. The third kappa shape index (κ3) is 4.62. The minimum atomic E-state index is -0.918. The number of hydrogen-bond acceptors (Lipinski definition) is 5. The van der Waals surface area contributed by atoms with Gasteiger partial charge in [-0.15, -0.1) is 0 Å². The first-order valence-corrected chi connectivity index (χ1v) is 11.3. The molecule has 7 heteroatoms. The Hall–Kier alpha value is -4.13. The molecule has 0 bridgehead atoms. The van der Waals surface area contributed by atoms with Crippen LogP contribution in [0.3, 0.4) is 0 Å². The van der Waals surface area contributed by atoms with E-state index in [2.05, 4.69) is 0 Å². The van der Waals surface area contributed by atoms with Gasteiger partial charge in [-0.2, -0.15) is 0 Å². The third-order valence-corrected chi connectivity index (χ3v) is 5.87. The highest BCUT2D eigenvalue weighted by Crippen LogP contribution is 2.43. The summed E-state index contributed by atoms with van der Waals surface area (Å²) in [5.74, 6) is -1.23. The van der Waals surface area contributed by atoms with Crippen LogP contribution in [0.5, 0.6) is 11.5 Å². The molecule has 6 nitrogen and oxygen atoms in total. The first kappa shape index (κ1) is 24.0. The van der Waals surface area contributed by atoms with Crippen molar-refractivity contribution in [1.29, 1.82) is 0 Å². The number of halogens is 1. The van der Waals surface area contributed by atoms with Crippen LogP contribution >= 0.6 is 0 Å². The summed E-state index contributed by atoms with van der Waals surface area (Å²) < 4.78 is 24.8. The van der Waals surface area contributed by atoms with Crippen molar-refractivity contribution < 1.29 is 28.6 Å². The number of benzene rings is 3. The van der Waals surface area contributed by atoms with Crippen LogP contribution in [0.25, 0.3) is 5.76 Å². The summed E-state index contributed by atoms with van der Waals surface area (Å²) in [4.78, 5) is 27.9. The maximum atomic E-state index is 13.9. The summed E-state index contributed by atoms with van der Waals surface area (Å²) in [6.07, 6.45) is 0.818. The number of Topliss-reactive ketones (excluding diaryl/α,β-unsaturated/α-hetero) is 1. The molecule has 1 N–H and O–H groups in total. The lowest BCUT2D eigenvalue weighted by Gasteiger charge is -2.26. The molecule has 4 rings (SSSR count). The van der Waals surface area contributed by atoms with E-state index in [1.54, 1.807) is 55.5 Å². The fourth-order valence-electron chi connectivity index (χ4n) is 4.10. The Bertz CT molecular complexity index is 1300. The number of anilines is 1. The van der Waals surface area contributed by atoms with Gasteiger partial charge in [0.2, 0.25) is 0 Å². The molecule has 1 amide bonds. The number of carbonyl (C=O) groups is 2. The number of ether oxygens (including phenoxy) is 2. The summed E-state index contributed by atoms with van der Waals surface area (Å²) in [6.45, 7) is 4.07. The van der Waals surface area contributed by atoms with Gasteiger partial charge in [0.1, 0.15) is 23.1 Å². The Morgan fingerprint density at radius 1 is 1.03 bits per heavy atom. The number of rotatable bonds is 7. The van der Waals surface area contributed by atoms with E-state index >= 15 is 0 Å². The molecule has 3 aromatic rings. The molecule has 0 saturated carbocycles. The molecule has 1 saturated heterocycles. The van der Waals surface area contributed by atoms with Crippen LogP contribution in [-0.4, -0.2) is 30.5 Å². The summed E-state index contributed by atoms with van der Waals surface area (Å²) in [7, 11) is 1.54. The summed E-state index contributed by atoms with van der Waals surface area (Å²) in [5, 5.41) is 11.2. The molecule has 1 atom stereocenters. The lowest BCUT2D eigenvalue weighted by atomic mass is 9.94. The smallest absolute Gasteiger partial charge is 0.300 e. The average Bonchev–Trinajstić information content (AvgIpc) is 3.14. The Kier molecular flexibility index (Phi) is 6.87. The molecule has 3 aromatic carbocycles. The van der Waals surface area contributed by atoms with E-state index in [0.717, 1.165) is 6.42 Å². The minimum absolute atomic E-state index is 0.0792. The van der Waals surface area contributed by atoms with Crippen LogP contribution in [0.4, 0.5) is 10.1 Å². The van der Waals surface area contributed by atoms with Crippen LogP contribution in [0.2, 0.25) is 0 Å². The zero-order valence-corrected chi connectivity index (χ0v) is 19.7. The number of aryl methyl sites for hydroxylation is 1. The van der Waals surface area contributed by atoms with Crippen LogP contribution in [0.1, 0.15) is 36.1 Å². The van der Waals surface area contributed by atoms with E-state index in [1.165, 1.54) is 30.2 Å². The number of carbonyl (C=O) groups excluding carboxylic acids is 2. The Morgan fingerprint density at radius 3 is 2.43 bits per heavy atom. The molecular weight excluding hydrogens is 449 g/mol. The molecule has 1 fully saturated rings. The lowest BCUT2D eigenvalue weighted by Crippen LogP contribution is -2.29. The van der Waals surface area contributed by atoms with E-state index in [1.807, 2.05) is 6.92 Å². The van der Waals surface area contributed by atoms with E-state index in [0.29, 0.717) is 34.9 Å². The van der Waals surface area contributed by atoms with Crippen molar-refractivity contribution in [2.45, 2.75) is 26.3 Å². The van der Waals surface area contributed by atoms with Gasteiger partial charge in [-0.1, -0.05) is 19.1 Å². The molecule has 0 aromatic heterocycles. The Labute approximate surface area is 203 Å². The monoisotopic (exact) mass is 475 g/mol. The van der Waals surface area contributed by atoms with Crippen LogP contribution in [0.15, 0.2) is 72.3 Å². The normalized spacial score (nSPS) is 17.0. The fourth-order valence-corrected chi connectivity index (χ4v) is 4.10. The predicted molar refractivity (Wildman–Crippen MR) is 131 cm³/mol. The molecule has 1 heterocycles.